The van der Waals surface area contributed by atoms with Gasteiger partial charge in [0.25, 0.3) is 0 Å². The van der Waals surface area contributed by atoms with Crippen LogP contribution in [0.1, 0.15) is 6.42 Å². The number of hydrogen-bond donors (Lipinski definition) is 2. The third kappa shape index (κ3) is 3.43. The molecule has 0 radical (unpaired) electrons. The Labute approximate surface area is 87.0 Å². The quantitative estimate of drug-likeness (QED) is 0.699. The minimum Gasteiger partial charge on any atom is -0.449 e. The van der Waals surface area contributed by atoms with Crippen molar-refractivity contribution in [3.05, 3.63) is 18.4 Å². The van der Waals surface area contributed by atoms with Gasteiger partial charge < -0.3 is 10.2 Å². The van der Waals surface area contributed by atoms with Gasteiger partial charge in [-0.15, -0.1) is 0 Å². The first-order chi connectivity index (χ1) is 7.27. The molecule has 0 saturated carbocycles. The Bertz CT molecular complexity index is 310. The number of imide groups is 1. The number of nitrogens with one attached hydrogen (secondary N) is 1. The fraction of sp³-hybridized carbons (Fsp3) is 0.333. The third-order valence-corrected chi connectivity index (χ3v) is 1.74. The molecule has 0 bridgehead atoms. The zero-order valence-electron chi connectivity index (χ0n) is 8.18. The zero-order valence-corrected chi connectivity index (χ0v) is 8.18. The van der Waals surface area contributed by atoms with E-state index in [-0.39, 0.29) is 0 Å². The molecule has 0 fully saturated rings. The van der Waals surface area contributed by atoms with E-state index in [0.717, 1.165) is 4.90 Å². The van der Waals surface area contributed by atoms with E-state index in [1.807, 2.05) is 0 Å². The number of nitrogens with two attached hydrogens (primary N) is 1. The van der Waals surface area contributed by atoms with Crippen LogP contribution in [0, 0.1) is 0 Å². The molecule has 1 aromatic heterocycles. The number of carbonyl (C=O) groups is 2. The van der Waals surface area contributed by atoms with Crippen LogP contribution in [0.25, 0.3) is 0 Å². The first kappa shape index (κ1) is 11.3. The molecule has 3 N–H and O–H groups in total. The van der Waals surface area contributed by atoms with Gasteiger partial charge in [0.1, 0.15) is 0 Å². The van der Waals surface area contributed by atoms with Gasteiger partial charge in [-0.05, 0) is 19.0 Å². The molecule has 0 aliphatic rings. The molecule has 3 amide bonds. The van der Waals surface area contributed by atoms with Gasteiger partial charge >= 0.3 is 6.03 Å². The minimum atomic E-state index is -0.520. The van der Waals surface area contributed by atoms with Gasteiger partial charge in [-0.1, -0.05) is 0 Å². The van der Waals surface area contributed by atoms with E-state index in [9.17, 15) is 9.59 Å². The molecule has 0 unspecified atom stereocenters. The molecule has 0 aliphatic heterocycles. The van der Waals surface area contributed by atoms with Gasteiger partial charge in [0.2, 0.25) is 12.3 Å². The normalized spacial score (nSPS) is 9.67. The second kappa shape index (κ2) is 5.82. The van der Waals surface area contributed by atoms with Crippen molar-refractivity contribution >= 4 is 18.3 Å². The maximum Gasteiger partial charge on any atom is 0.330 e. The van der Waals surface area contributed by atoms with Crippen LogP contribution in [0.4, 0.5) is 10.7 Å². The summed E-state index contributed by atoms with van der Waals surface area (Å²) < 4.78 is 4.90. The molecule has 1 aromatic rings. The summed E-state index contributed by atoms with van der Waals surface area (Å²) in [6.45, 7) is 0.727. The standard InChI is InChI=1S/C9H13N3O3/c10-4-2-5-12(7-13)9(14)11-8-3-1-6-15-8/h1,3,6-7H,2,4-5,10H2,(H,11,14). The van der Waals surface area contributed by atoms with E-state index in [1.165, 1.54) is 6.26 Å². The highest BCUT2D eigenvalue weighted by Crippen LogP contribution is 2.07. The zero-order chi connectivity index (χ0) is 11.1. The molecule has 15 heavy (non-hydrogen) atoms. The lowest BCUT2D eigenvalue weighted by Crippen LogP contribution is -2.35. The van der Waals surface area contributed by atoms with Crippen LogP contribution in [0.5, 0.6) is 0 Å². The summed E-state index contributed by atoms with van der Waals surface area (Å²) in [5, 5.41) is 2.43. The summed E-state index contributed by atoms with van der Waals surface area (Å²) in [7, 11) is 0. The van der Waals surface area contributed by atoms with Crippen LogP contribution < -0.4 is 11.1 Å². The molecule has 6 nitrogen and oxygen atoms in total. The minimum absolute atomic E-state index is 0.298. The van der Waals surface area contributed by atoms with Gasteiger partial charge in [0.05, 0.1) is 6.26 Å². The lowest BCUT2D eigenvalue weighted by molar-refractivity contribution is -0.115. The Hall–Kier alpha value is -1.82. The highest BCUT2D eigenvalue weighted by molar-refractivity contribution is 5.94. The predicted molar refractivity (Wildman–Crippen MR) is 54.2 cm³/mol. The highest BCUT2D eigenvalue weighted by atomic mass is 16.3. The average Bonchev–Trinajstić information content (AvgIpc) is 2.71. The van der Waals surface area contributed by atoms with Crippen molar-refractivity contribution in [2.45, 2.75) is 6.42 Å². The monoisotopic (exact) mass is 211 g/mol. The molecular formula is C9H13N3O3. The molecule has 0 aromatic carbocycles. The van der Waals surface area contributed by atoms with Crippen molar-refractivity contribution in [2.75, 3.05) is 18.4 Å². The van der Waals surface area contributed by atoms with Gasteiger partial charge in [-0.3, -0.25) is 15.0 Å². The maximum absolute atomic E-state index is 11.4. The first-order valence-electron chi connectivity index (χ1n) is 4.54. The van der Waals surface area contributed by atoms with Crippen LogP contribution in [0.15, 0.2) is 22.8 Å². The summed E-state index contributed by atoms with van der Waals surface area (Å²) in [5.41, 5.74) is 5.27. The Morgan fingerprint density at radius 3 is 3.00 bits per heavy atom. The second-order valence-electron chi connectivity index (χ2n) is 2.85. The van der Waals surface area contributed by atoms with E-state index in [4.69, 9.17) is 10.2 Å². The summed E-state index contributed by atoms with van der Waals surface area (Å²) in [4.78, 5) is 23.0. The summed E-state index contributed by atoms with van der Waals surface area (Å²) in [6.07, 6.45) is 2.47. The van der Waals surface area contributed by atoms with Gasteiger partial charge in [0, 0.05) is 12.6 Å². The summed E-state index contributed by atoms with van der Waals surface area (Å²) in [6, 6.07) is 2.71. The molecule has 6 heteroatoms. The van der Waals surface area contributed by atoms with E-state index >= 15 is 0 Å². The first-order valence-corrected chi connectivity index (χ1v) is 4.54. The van der Waals surface area contributed by atoms with Crippen LogP contribution in [0.3, 0.4) is 0 Å². The van der Waals surface area contributed by atoms with E-state index in [2.05, 4.69) is 5.32 Å². The smallest absolute Gasteiger partial charge is 0.330 e. The second-order valence-corrected chi connectivity index (χ2v) is 2.85. The molecule has 82 valence electrons. The van der Waals surface area contributed by atoms with Crippen molar-refractivity contribution in [3.63, 3.8) is 0 Å². The number of rotatable bonds is 5. The van der Waals surface area contributed by atoms with Gasteiger partial charge in [0.15, 0.2) is 0 Å². The number of urea groups is 1. The summed E-state index contributed by atoms with van der Waals surface area (Å²) in [5.74, 6) is 0.305. The van der Waals surface area contributed by atoms with Crippen LogP contribution >= 0.6 is 0 Å². The Morgan fingerprint density at radius 2 is 2.47 bits per heavy atom. The van der Waals surface area contributed by atoms with Crippen LogP contribution in [0.2, 0.25) is 0 Å². The topological polar surface area (TPSA) is 88.6 Å². The van der Waals surface area contributed by atoms with Crippen molar-refractivity contribution in [2.24, 2.45) is 5.73 Å². The predicted octanol–water partition coefficient (Wildman–Crippen LogP) is 0.619. The number of nitrogens with zero attached hydrogens (tertiary/aromatic N) is 1. The summed E-state index contributed by atoms with van der Waals surface area (Å²) >= 11 is 0. The highest BCUT2D eigenvalue weighted by Gasteiger charge is 2.12. The number of furan rings is 1. The number of anilines is 1. The lowest BCUT2D eigenvalue weighted by atomic mass is 10.4. The van der Waals surface area contributed by atoms with E-state index in [1.54, 1.807) is 12.1 Å². The van der Waals surface area contributed by atoms with Crippen molar-refractivity contribution in [1.29, 1.82) is 0 Å². The van der Waals surface area contributed by atoms with Gasteiger partial charge in [-0.25, -0.2) is 4.79 Å². The molecule has 0 spiro atoms. The number of carbonyl (C=O) groups excluding carboxylic acids is 2. The SMILES string of the molecule is NCCCN(C=O)C(=O)Nc1ccco1. The van der Waals surface area contributed by atoms with Crippen LogP contribution in [-0.4, -0.2) is 30.4 Å². The molecule has 0 saturated heterocycles. The molecule has 1 rings (SSSR count). The van der Waals surface area contributed by atoms with Gasteiger partial charge in [-0.2, -0.15) is 0 Å². The van der Waals surface area contributed by atoms with Crippen molar-refractivity contribution in [1.82, 2.24) is 4.90 Å². The largest absolute Gasteiger partial charge is 0.449 e. The Kier molecular flexibility index (Phi) is 4.36. The molecule has 0 atom stereocenters. The number of amides is 3. The van der Waals surface area contributed by atoms with E-state index in [0.29, 0.717) is 31.8 Å². The van der Waals surface area contributed by atoms with Crippen molar-refractivity contribution < 1.29 is 14.0 Å². The molecule has 0 aliphatic carbocycles. The van der Waals surface area contributed by atoms with Crippen LogP contribution in [-0.2, 0) is 4.79 Å². The number of hydrogen-bond acceptors (Lipinski definition) is 4. The Balaban J connectivity index is 2.46. The van der Waals surface area contributed by atoms with E-state index < -0.39 is 6.03 Å². The fourth-order valence-electron chi connectivity index (χ4n) is 0.991. The fourth-order valence-corrected chi connectivity index (χ4v) is 0.991. The maximum atomic E-state index is 11.4. The van der Waals surface area contributed by atoms with Crippen molar-refractivity contribution in [3.8, 4) is 0 Å². The third-order valence-electron chi connectivity index (χ3n) is 1.74. The molecule has 1 heterocycles. The average molecular weight is 211 g/mol. The Morgan fingerprint density at radius 1 is 1.67 bits per heavy atom. The lowest BCUT2D eigenvalue weighted by Gasteiger charge is -2.14. The molecular weight excluding hydrogens is 198 g/mol.